The van der Waals surface area contributed by atoms with Crippen LogP contribution in [0.25, 0.3) is 0 Å². The highest BCUT2D eigenvalue weighted by atomic mass is 16.5. The SMILES string of the molecule is COC(=O)C1(C)CCCCCCCC1. The fourth-order valence-corrected chi connectivity index (χ4v) is 2.31. The van der Waals surface area contributed by atoms with Gasteiger partial charge in [-0.1, -0.05) is 38.5 Å². The second-order valence-electron chi connectivity index (χ2n) is 4.67. The van der Waals surface area contributed by atoms with Gasteiger partial charge in [-0.3, -0.25) is 4.79 Å². The third kappa shape index (κ3) is 3.00. The van der Waals surface area contributed by atoms with E-state index in [1.54, 1.807) is 0 Å². The first-order chi connectivity index (χ1) is 6.69. The van der Waals surface area contributed by atoms with Crippen LogP contribution in [0.2, 0.25) is 0 Å². The molecule has 1 aliphatic rings. The summed E-state index contributed by atoms with van der Waals surface area (Å²) in [6.07, 6.45) is 9.55. The van der Waals surface area contributed by atoms with Crippen molar-refractivity contribution in [1.29, 1.82) is 0 Å². The Morgan fingerprint density at radius 1 is 1.00 bits per heavy atom. The van der Waals surface area contributed by atoms with Crippen molar-refractivity contribution in [3.63, 3.8) is 0 Å². The zero-order chi connectivity index (χ0) is 10.4. The highest BCUT2D eigenvalue weighted by molar-refractivity contribution is 5.76. The number of rotatable bonds is 1. The first kappa shape index (κ1) is 11.5. The van der Waals surface area contributed by atoms with E-state index in [2.05, 4.69) is 6.92 Å². The molecule has 0 amide bonds. The molecule has 1 aliphatic carbocycles. The summed E-state index contributed by atoms with van der Waals surface area (Å²) in [5.41, 5.74) is -0.209. The molecule has 0 heterocycles. The summed E-state index contributed by atoms with van der Waals surface area (Å²) in [6.45, 7) is 2.06. The summed E-state index contributed by atoms with van der Waals surface area (Å²) >= 11 is 0. The molecule has 0 atom stereocenters. The lowest BCUT2D eigenvalue weighted by atomic mass is 9.81. The van der Waals surface area contributed by atoms with Gasteiger partial charge in [0.1, 0.15) is 0 Å². The maximum atomic E-state index is 11.6. The van der Waals surface area contributed by atoms with Crippen LogP contribution in [-0.2, 0) is 9.53 Å². The minimum absolute atomic E-state index is 0.0144. The molecular formula is C12H22O2. The van der Waals surface area contributed by atoms with E-state index in [9.17, 15) is 4.79 Å². The largest absolute Gasteiger partial charge is 0.469 e. The summed E-state index contributed by atoms with van der Waals surface area (Å²) in [4.78, 5) is 11.6. The second-order valence-corrected chi connectivity index (χ2v) is 4.67. The van der Waals surface area contributed by atoms with Gasteiger partial charge in [-0.25, -0.2) is 0 Å². The highest BCUT2D eigenvalue weighted by Gasteiger charge is 2.33. The first-order valence-corrected chi connectivity index (χ1v) is 5.77. The van der Waals surface area contributed by atoms with Crippen LogP contribution in [0.15, 0.2) is 0 Å². The van der Waals surface area contributed by atoms with Crippen molar-refractivity contribution < 1.29 is 9.53 Å². The average molecular weight is 198 g/mol. The lowest BCUT2D eigenvalue weighted by Gasteiger charge is -2.25. The zero-order valence-electron chi connectivity index (χ0n) is 9.47. The minimum Gasteiger partial charge on any atom is -0.469 e. The molecule has 1 rings (SSSR count). The summed E-state index contributed by atoms with van der Waals surface area (Å²) in [5, 5.41) is 0. The van der Waals surface area contributed by atoms with Crippen molar-refractivity contribution in [2.24, 2.45) is 5.41 Å². The van der Waals surface area contributed by atoms with Gasteiger partial charge in [0.2, 0.25) is 0 Å². The predicted octanol–water partition coefficient (Wildman–Crippen LogP) is 3.30. The molecule has 0 aromatic carbocycles. The lowest BCUT2D eigenvalue weighted by molar-refractivity contribution is -0.152. The Bertz CT molecular complexity index is 177. The first-order valence-electron chi connectivity index (χ1n) is 5.77. The van der Waals surface area contributed by atoms with E-state index in [0.29, 0.717) is 0 Å². The van der Waals surface area contributed by atoms with Gasteiger partial charge in [-0.05, 0) is 19.8 Å². The van der Waals surface area contributed by atoms with Crippen LogP contribution in [0.5, 0.6) is 0 Å². The smallest absolute Gasteiger partial charge is 0.311 e. The van der Waals surface area contributed by atoms with Crippen molar-refractivity contribution in [2.45, 2.75) is 58.3 Å². The molecule has 82 valence electrons. The van der Waals surface area contributed by atoms with Gasteiger partial charge in [-0.15, -0.1) is 0 Å². The van der Waals surface area contributed by atoms with Crippen LogP contribution in [-0.4, -0.2) is 13.1 Å². The third-order valence-electron chi connectivity index (χ3n) is 3.39. The third-order valence-corrected chi connectivity index (χ3v) is 3.39. The van der Waals surface area contributed by atoms with E-state index in [0.717, 1.165) is 12.8 Å². The zero-order valence-corrected chi connectivity index (χ0v) is 9.47. The van der Waals surface area contributed by atoms with Gasteiger partial charge in [0.15, 0.2) is 0 Å². The van der Waals surface area contributed by atoms with Crippen molar-refractivity contribution in [1.82, 2.24) is 0 Å². The Morgan fingerprint density at radius 3 is 1.86 bits per heavy atom. The molecule has 0 aromatic rings. The van der Waals surface area contributed by atoms with E-state index >= 15 is 0 Å². The molecular weight excluding hydrogens is 176 g/mol. The monoisotopic (exact) mass is 198 g/mol. The lowest BCUT2D eigenvalue weighted by Crippen LogP contribution is -2.29. The molecule has 0 N–H and O–H groups in total. The van der Waals surface area contributed by atoms with Crippen LogP contribution in [0.1, 0.15) is 58.3 Å². The molecule has 14 heavy (non-hydrogen) atoms. The number of carbonyl (C=O) groups is 1. The van der Waals surface area contributed by atoms with Gasteiger partial charge >= 0.3 is 5.97 Å². The Hall–Kier alpha value is -0.530. The van der Waals surface area contributed by atoms with E-state index in [1.807, 2.05) is 0 Å². The van der Waals surface area contributed by atoms with E-state index in [-0.39, 0.29) is 11.4 Å². The molecule has 1 fully saturated rings. The fourth-order valence-electron chi connectivity index (χ4n) is 2.31. The molecule has 2 nitrogen and oxygen atoms in total. The summed E-state index contributed by atoms with van der Waals surface area (Å²) in [7, 11) is 1.50. The second kappa shape index (κ2) is 5.38. The van der Waals surface area contributed by atoms with Crippen LogP contribution in [0.4, 0.5) is 0 Å². The highest BCUT2D eigenvalue weighted by Crippen LogP contribution is 2.34. The van der Waals surface area contributed by atoms with Crippen LogP contribution in [0, 0.1) is 5.41 Å². The van der Waals surface area contributed by atoms with Crippen LogP contribution < -0.4 is 0 Å². The van der Waals surface area contributed by atoms with E-state index in [1.165, 1.54) is 45.6 Å². The average Bonchev–Trinajstić information content (AvgIpc) is 2.30. The Labute approximate surface area is 87.0 Å². The maximum Gasteiger partial charge on any atom is 0.311 e. The molecule has 0 unspecified atom stereocenters. The number of methoxy groups -OCH3 is 1. The van der Waals surface area contributed by atoms with Gasteiger partial charge < -0.3 is 4.74 Å². The number of esters is 1. The minimum atomic E-state index is -0.209. The topological polar surface area (TPSA) is 26.3 Å². The van der Waals surface area contributed by atoms with Gasteiger partial charge in [0, 0.05) is 0 Å². The molecule has 0 saturated heterocycles. The quantitative estimate of drug-likeness (QED) is 0.604. The van der Waals surface area contributed by atoms with Crippen molar-refractivity contribution in [3.05, 3.63) is 0 Å². The molecule has 0 spiro atoms. The molecule has 0 aliphatic heterocycles. The van der Waals surface area contributed by atoms with Crippen LogP contribution >= 0.6 is 0 Å². The Balaban J connectivity index is 2.57. The summed E-state index contributed by atoms with van der Waals surface area (Å²) in [6, 6.07) is 0. The maximum absolute atomic E-state index is 11.6. The predicted molar refractivity (Wildman–Crippen MR) is 57.1 cm³/mol. The number of ether oxygens (including phenoxy) is 1. The standard InChI is InChI=1S/C12H22O2/c1-12(11(13)14-2)9-7-5-3-4-6-8-10-12/h3-10H2,1-2H3. The van der Waals surface area contributed by atoms with Crippen molar-refractivity contribution >= 4 is 5.97 Å². The van der Waals surface area contributed by atoms with E-state index in [4.69, 9.17) is 4.74 Å². The number of hydrogen-bond acceptors (Lipinski definition) is 2. The molecule has 1 saturated carbocycles. The van der Waals surface area contributed by atoms with E-state index < -0.39 is 0 Å². The Kier molecular flexibility index (Phi) is 4.43. The molecule has 0 bridgehead atoms. The number of hydrogen-bond donors (Lipinski definition) is 0. The van der Waals surface area contributed by atoms with Gasteiger partial charge in [0.05, 0.1) is 12.5 Å². The number of carbonyl (C=O) groups excluding carboxylic acids is 1. The van der Waals surface area contributed by atoms with Gasteiger partial charge in [-0.2, -0.15) is 0 Å². The molecule has 0 radical (unpaired) electrons. The summed E-state index contributed by atoms with van der Waals surface area (Å²) < 4.78 is 4.89. The van der Waals surface area contributed by atoms with Crippen LogP contribution in [0.3, 0.4) is 0 Å². The molecule has 0 aromatic heterocycles. The van der Waals surface area contributed by atoms with Gasteiger partial charge in [0.25, 0.3) is 0 Å². The fraction of sp³-hybridized carbons (Fsp3) is 0.917. The summed E-state index contributed by atoms with van der Waals surface area (Å²) in [5.74, 6) is -0.0144. The van der Waals surface area contributed by atoms with Crippen molar-refractivity contribution in [2.75, 3.05) is 7.11 Å². The van der Waals surface area contributed by atoms with Crippen molar-refractivity contribution in [3.8, 4) is 0 Å². The molecule has 2 heteroatoms. The normalized spacial score (nSPS) is 23.0. The Morgan fingerprint density at radius 2 is 1.43 bits per heavy atom.